The van der Waals surface area contributed by atoms with Crippen LogP contribution >= 0.6 is 23.1 Å². The first-order valence-electron chi connectivity index (χ1n) is 13.7. The number of para-hydroxylation sites is 1. The number of carbonyl (C=O) groups is 1. The van der Waals surface area contributed by atoms with E-state index in [-0.39, 0.29) is 32.8 Å². The molecule has 11 nitrogen and oxygen atoms in total. The molecule has 0 fully saturated rings. The van der Waals surface area contributed by atoms with E-state index < -0.39 is 11.0 Å². The van der Waals surface area contributed by atoms with E-state index in [2.05, 4.69) is 20.3 Å². The third kappa shape index (κ3) is 6.16. The van der Waals surface area contributed by atoms with Crippen LogP contribution in [0.2, 0.25) is 0 Å². The van der Waals surface area contributed by atoms with E-state index in [1.807, 2.05) is 48.5 Å². The molecule has 1 aliphatic rings. The lowest BCUT2D eigenvalue weighted by molar-refractivity contribution is -0.387. The zero-order valence-electron chi connectivity index (χ0n) is 23.9. The Morgan fingerprint density at radius 1 is 1.04 bits per heavy atom. The number of nitro benzene ring substituents is 1. The number of anilines is 1. The summed E-state index contributed by atoms with van der Waals surface area (Å²) in [5, 5.41) is 15.2. The summed E-state index contributed by atoms with van der Waals surface area (Å²) in [4.78, 5) is 63.1. The number of carbonyl (C=O) groups excluding carboxylic acids is 1. The highest BCUT2D eigenvalue weighted by Crippen LogP contribution is 2.34. The quantitative estimate of drug-likeness (QED) is 0.153. The number of hydrogen-bond acceptors (Lipinski definition) is 9. The van der Waals surface area contributed by atoms with Gasteiger partial charge in [0.05, 0.1) is 31.7 Å². The first-order valence-corrected chi connectivity index (χ1v) is 15.3. The van der Waals surface area contributed by atoms with E-state index >= 15 is 0 Å². The van der Waals surface area contributed by atoms with Gasteiger partial charge in [0.2, 0.25) is 0 Å². The third-order valence-electron chi connectivity index (χ3n) is 6.95. The van der Waals surface area contributed by atoms with Crippen LogP contribution in [0.5, 0.6) is 0 Å². The van der Waals surface area contributed by atoms with Gasteiger partial charge in [-0.15, -0.1) is 0 Å². The molecule has 3 aromatic carbocycles. The van der Waals surface area contributed by atoms with Crippen LogP contribution in [0.15, 0.2) is 121 Å². The zero-order valence-corrected chi connectivity index (χ0v) is 25.5. The van der Waals surface area contributed by atoms with Gasteiger partial charge in [-0.3, -0.25) is 29.1 Å². The van der Waals surface area contributed by atoms with Crippen LogP contribution in [0.1, 0.15) is 29.8 Å². The third-order valence-corrected chi connectivity index (χ3v) is 8.88. The lowest BCUT2D eigenvalue weighted by Gasteiger charge is -2.25. The van der Waals surface area contributed by atoms with E-state index in [1.165, 1.54) is 16.7 Å². The first-order chi connectivity index (χ1) is 21.7. The van der Waals surface area contributed by atoms with Gasteiger partial charge in [0.15, 0.2) is 9.96 Å². The van der Waals surface area contributed by atoms with Crippen molar-refractivity contribution in [2.24, 2.45) is 4.99 Å². The molecule has 0 spiro atoms. The molecule has 1 amide bonds. The molecule has 2 aromatic heterocycles. The Labute approximate surface area is 263 Å². The molecule has 1 aliphatic heterocycles. The normalized spacial score (nSPS) is 14.5. The van der Waals surface area contributed by atoms with Crippen molar-refractivity contribution >= 4 is 46.5 Å². The standard InChI is InChI=1S/C32H24N6O5S2/c1-18-15-26(39)36-31(33-18)44-24-14-13-20(16-23(24)38(42)43)17-25-30(41)37-28(21-9-5-3-6-10-21)27(19(2)34-32(37)45-25)29(40)35-22-11-7-4-8-12-22/h3-17,28H,1-2H3,(H,35,40)(H,33,36,39)/b25-17+/t28-/m0/s1. The van der Waals surface area contributed by atoms with Crippen molar-refractivity contribution in [1.29, 1.82) is 0 Å². The van der Waals surface area contributed by atoms with Crippen molar-refractivity contribution < 1.29 is 9.72 Å². The van der Waals surface area contributed by atoms with Crippen LogP contribution in [-0.4, -0.2) is 25.4 Å². The number of aryl methyl sites for hydroxylation is 1. The summed E-state index contributed by atoms with van der Waals surface area (Å²) in [6.45, 7) is 3.40. The molecule has 3 heterocycles. The topological polar surface area (TPSA) is 152 Å². The number of thiazole rings is 1. The van der Waals surface area contributed by atoms with Crippen molar-refractivity contribution in [3.05, 3.63) is 153 Å². The smallest absolute Gasteiger partial charge is 0.283 e. The monoisotopic (exact) mass is 636 g/mol. The maximum absolute atomic E-state index is 14.0. The molecule has 45 heavy (non-hydrogen) atoms. The van der Waals surface area contributed by atoms with Gasteiger partial charge < -0.3 is 10.3 Å². The molecule has 0 bridgehead atoms. The average Bonchev–Trinajstić information content (AvgIpc) is 3.31. The number of nitrogens with one attached hydrogen (secondary N) is 2. The van der Waals surface area contributed by atoms with Crippen LogP contribution in [0.3, 0.4) is 0 Å². The Hall–Kier alpha value is -5.40. The Balaban J connectivity index is 1.43. The van der Waals surface area contributed by atoms with Crippen LogP contribution < -0.4 is 25.8 Å². The minimum absolute atomic E-state index is 0.205. The van der Waals surface area contributed by atoms with Gasteiger partial charge in [0.1, 0.15) is 0 Å². The summed E-state index contributed by atoms with van der Waals surface area (Å²) in [6, 6.07) is 23.4. The van der Waals surface area contributed by atoms with Gasteiger partial charge in [0.25, 0.3) is 22.7 Å². The van der Waals surface area contributed by atoms with Crippen LogP contribution in [0.4, 0.5) is 11.4 Å². The summed E-state index contributed by atoms with van der Waals surface area (Å²) in [7, 11) is 0. The molecule has 0 aliphatic carbocycles. The van der Waals surface area contributed by atoms with E-state index in [1.54, 1.807) is 44.2 Å². The molecule has 5 aromatic rings. The fourth-order valence-electron chi connectivity index (χ4n) is 4.99. The minimum Gasteiger partial charge on any atom is -0.322 e. The number of rotatable bonds is 7. The molecule has 6 rings (SSSR count). The summed E-state index contributed by atoms with van der Waals surface area (Å²) in [6.07, 6.45) is 1.57. The SMILES string of the molecule is CC1=C(C(=O)Nc2ccccc2)[C@H](c2ccccc2)n2c(s/c(=C/c3ccc(Sc4nc(C)cc(=O)[nH]4)c([N+](=O)[O-])c3)c2=O)=N1. The van der Waals surface area contributed by atoms with Gasteiger partial charge >= 0.3 is 0 Å². The van der Waals surface area contributed by atoms with Gasteiger partial charge in [-0.25, -0.2) is 9.98 Å². The predicted octanol–water partition coefficient (Wildman–Crippen LogP) is 4.33. The van der Waals surface area contributed by atoms with E-state index in [9.17, 15) is 24.5 Å². The number of nitro groups is 1. The lowest BCUT2D eigenvalue weighted by atomic mass is 9.95. The summed E-state index contributed by atoms with van der Waals surface area (Å²) < 4.78 is 1.79. The van der Waals surface area contributed by atoms with Gasteiger partial charge in [-0.05, 0) is 61.0 Å². The molecule has 0 saturated carbocycles. The second-order valence-corrected chi connectivity index (χ2v) is 12.1. The van der Waals surface area contributed by atoms with Crippen molar-refractivity contribution in [3.63, 3.8) is 0 Å². The Morgan fingerprint density at radius 3 is 2.44 bits per heavy atom. The highest BCUT2D eigenvalue weighted by atomic mass is 32.2. The highest BCUT2D eigenvalue weighted by Gasteiger charge is 2.32. The second kappa shape index (κ2) is 12.3. The van der Waals surface area contributed by atoms with Crippen LogP contribution in [0, 0.1) is 17.0 Å². The number of hydrogen-bond donors (Lipinski definition) is 2. The van der Waals surface area contributed by atoms with Crippen molar-refractivity contribution in [3.8, 4) is 0 Å². The fraction of sp³-hybridized carbons (Fsp3) is 0.0938. The molecular formula is C32H24N6O5S2. The molecular weight excluding hydrogens is 613 g/mol. The average molecular weight is 637 g/mol. The minimum atomic E-state index is -0.745. The number of aromatic nitrogens is 3. The van der Waals surface area contributed by atoms with Crippen molar-refractivity contribution in [1.82, 2.24) is 14.5 Å². The molecule has 13 heteroatoms. The molecule has 224 valence electrons. The molecule has 0 radical (unpaired) electrons. The number of nitrogens with zero attached hydrogens (tertiary/aromatic N) is 4. The number of benzene rings is 3. The largest absolute Gasteiger partial charge is 0.322 e. The van der Waals surface area contributed by atoms with Crippen molar-refractivity contribution in [2.75, 3.05) is 5.32 Å². The van der Waals surface area contributed by atoms with Gasteiger partial charge in [-0.2, -0.15) is 0 Å². The first kappa shape index (κ1) is 29.7. The summed E-state index contributed by atoms with van der Waals surface area (Å²) in [5.74, 6) is -0.376. The number of allylic oxidation sites excluding steroid dienone is 1. The number of fused-ring (bicyclic) bond motifs is 1. The molecule has 0 saturated heterocycles. The molecule has 1 atom stereocenters. The van der Waals surface area contributed by atoms with Crippen LogP contribution in [0.25, 0.3) is 6.08 Å². The predicted molar refractivity (Wildman–Crippen MR) is 172 cm³/mol. The Kier molecular flexibility index (Phi) is 8.11. The van der Waals surface area contributed by atoms with Gasteiger partial charge in [-0.1, -0.05) is 65.9 Å². The summed E-state index contributed by atoms with van der Waals surface area (Å²) >= 11 is 2.11. The second-order valence-electron chi connectivity index (χ2n) is 10.1. The lowest BCUT2D eigenvalue weighted by Crippen LogP contribution is -2.40. The van der Waals surface area contributed by atoms with Gasteiger partial charge in [0, 0.05) is 23.5 Å². The summed E-state index contributed by atoms with van der Waals surface area (Å²) in [5.41, 5.74) is 2.13. The zero-order chi connectivity index (χ0) is 31.7. The van der Waals surface area contributed by atoms with Crippen LogP contribution in [-0.2, 0) is 4.79 Å². The van der Waals surface area contributed by atoms with E-state index in [0.29, 0.717) is 37.5 Å². The molecule has 2 N–H and O–H groups in total. The maximum Gasteiger partial charge on any atom is 0.283 e. The Morgan fingerprint density at radius 2 is 1.76 bits per heavy atom. The fourth-order valence-corrected chi connectivity index (χ4v) is 6.96. The maximum atomic E-state index is 14.0. The number of amides is 1. The van der Waals surface area contributed by atoms with Crippen molar-refractivity contribution in [2.45, 2.75) is 29.9 Å². The Bertz CT molecular complexity index is 2240. The highest BCUT2D eigenvalue weighted by molar-refractivity contribution is 7.99. The number of H-pyrrole nitrogens is 1. The van der Waals surface area contributed by atoms with E-state index in [4.69, 9.17) is 0 Å². The molecule has 0 unspecified atom stereocenters. The number of aromatic amines is 1. The van der Waals surface area contributed by atoms with E-state index in [0.717, 1.165) is 28.7 Å².